The highest BCUT2D eigenvalue weighted by Gasteiger charge is 2.54. The Morgan fingerprint density at radius 3 is 2.70 bits per heavy atom. The SMILES string of the molecule is CC1(C)O[C@H]2O[C@H](CSC(=S)N3CCCC3)[C@H](O)[C@H]2O1. The van der Waals surface area contributed by atoms with Crippen molar-refractivity contribution in [2.24, 2.45) is 0 Å². The van der Waals surface area contributed by atoms with Gasteiger partial charge >= 0.3 is 0 Å². The van der Waals surface area contributed by atoms with Crippen molar-refractivity contribution in [2.45, 2.75) is 57.1 Å². The van der Waals surface area contributed by atoms with Crippen LogP contribution in [0.3, 0.4) is 0 Å². The van der Waals surface area contributed by atoms with Crippen LogP contribution in [0.5, 0.6) is 0 Å². The molecule has 5 nitrogen and oxygen atoms in total. The number of rotatable bonds is 2. The van der Waals surface area contributed by atoms with Gasteiger partial charge in [-0.05, 0) is 26.7 Å². The molecule has 3 saturated heterocycles. The second kappa shape index (κ2) is 5.70. The number of ether oxygens (including phenoxy) is 3. The number of aliphatic hydroxyl groups is 1. The lowest BCUT2D eigenvalue weighted by molar-refractivity contribution is -0.211. The van der Waals surface area contributed by atoms with E-state index in [1.54, 1.807) is 11.8 Å². The van der Waals surface area contributed by atoms with Crippen LogP contribution in [0.25, 0.3) is 0 Å². The van der Waals surface area contributed by atoms with Crippen molar-refractivity contribution in [1.82, 2.24) is 4.90 Å². The van der Waals surface area contributed by atoms with Gasteiger partial charge < -0.3 is 24.2 Å². The minimum Gasteiger partial charge on any atom is -0.387 e. The van der Waals surface area contributed by atoms with Gasteiger partial charge in [0.2, 0.25) is 0 Å². The predicted octanol–water partition coefficient (Wildman–Crippen LogP) is 1.34. The summed E-state index contributed by atoms with van der Waals surface area (Å²) in [5.41, 5.74) is 0. The quantitative estimate of drug-likeness (QED) is 0.771. The van der Waals surface area contributed by atoms with Crippen molar-refractivity contribution in [3.8, 4) is 0 Å². The first kappa shape index (κ1) is 15.0. The van der Waals surface area contributed by atoms with Crippen molar-refractivity contribution in [3.63, 3.8) is 0 Å². The maximum Gasteiger partial charge on any atom is 0.190 e. The summed E-state index contributed by atoms with van der Waals surface area (Å²) < 4.78 is 17.9. The van der Waals surface area contributed by atoms with E-state index in [2.05, 4.69) is 4.90 Å². The smallest absolute Gasteiger partial charge is 0.190 e. The fourth-order valence-electron chi connectivity index (χ4n) is 2.84. The molecule has 0 saturated carbocycles. The fourth-order valence-corrected chi connectivity index (χ4v) is 4.17. The van der Waals surface area contributed by atoms with Gasteiger partial charge in [0.1, 0.15) is 16.5 Å². The van der Waals surface area contributed by atoms with Gasteiger partial charge in [0.25, 0.3) is 0 Å². The lowest BCUT2D eigenvalue weighted by Gasteiger charge is -2.24. The summed E-state index contributed by atoms with van der Waals surface area (Å²) in [5.74, 6) is -0.0457. The molecule has 3 aliphatic heterocycles. The van der Waals surface area contributed by atoms with Crippen LogP contribution in [0.15, 0.2) is 0 Å². The molecule has 3 fully saturated rings. The van der Waals surface area contributed by atoms with Crippen LogP contribution in [0.2, 0.25) is 0 Å². The Balaban J connectivity index is 1.49. The average Bonchev–Trinajstić information content (AvgIpc) is 3.05. The maximum absolute atomic E-state index is 10.3. The summed E-state index contributed by atoms with van der Waals surface area (Å²) in [6, 6.07) is 0. The van der Waals surface area contributed by atoms with Crippen molar-refractivity contribution in [2.75, 3.05) is 18.8 Å². The standard InChI is InChI=1S/C13H21NO4S2/c1-13(2)17-10-9(15)8(16-11(10)18-13)7-20-12(19)14-5-3-4-6-14/h8-11,15H,3-7H2,1-2H3/t8-,9+,10-,11-/m1/s1. The molecular formula is C13H21NO4S2. The molecule has 3 aliphatic rings. The van der Waals surface area contributed by atoms with E-state index in [1.165, 1.54) is 12.8 Å². The van der Waals surface area contributed by atoms with Crippen LogP contribution in [0, 0.1) is 0 Å². The highest BCUT2D eigenvalue weighted by molar-refractivity contribution is 8.22. The van der Waals surface area contributed by atoms with E-state index in [4.69, 9.17) is 26.4 Å². The fraction of sp³-hybridized carbons (Fsp3) is 0.923. The van der Waals surface area contributed by atoms with Crippen LogP contribution < -0.4 is 0 Å². The first-order valence-electron chi connectivity index (χ1n) is 7.07. The van der Waals surface area contributed by atoms with Gasteiger partial charge in [0.05, 0.1) is 6.10 Å². The molecule has 114 valence electrons. The average molecular weight is 319 g/mol. The maximum atomic E-state index is 10.3. The molecule has 4 atom stereocenters. The molecule has 3 heterocycles. The number of likely N-dealkylation sites (tertiary alicyclic amines) is 1. The first-order chi connectivity index (χ1) is 9.46. The van der Waals surface area contributed by atoms with Gasteiger partial charge in [0.15, 0.2) is 12.1 Å². The number of nitrogens with zero attached hydrogens (tertiary/aromatic N) is 1. The lowest BCUT2D eigenvalue weighted by Crippen LogP contribution is -2.36. The van der Waals surface area contributed by atoms with Crippen molar-refractivity contribution in [3.05, 3.63) is 0 Å². The van der Waals surface area contributed by atoms with Gasteiger partial charge in [-0.15, -0.1) is 0 Å². The Morgan fingerprint density at radius 1 is 1.35 bits per heavy atom. The van der Waals surface area contributed by atoms with Gasteiger partial charge in [-0.25, -0.2) is 0 Å². The summed E-state index contributed by atoms with van der Waals surface area (Å²) in [5, 5.41) is 10.3. The van der Waals surface area contributed by atoms with E-state index < -0.39 is 24.3 Å². The highest BCUT2D eigenvalue weighted by atomic mass is 32.2. The van der Waals surface area contributed by atoms with E-state index in [9.17, 15) is 5.11 Å². The number of fused-ring (bicyclic) bond motifs is 1. The van der Waals surface area contributed by atoms with Crippen molar-refractivity contribution < 1.29 is 19.3 Å². The summed E-state index contributed by atoms with van der Waals surface area (Å²) in [7, 11) is 0. The number of hydrogen-bond acceptors (Lipinski definition) is 6. The Kier molecular flexibility index (Phi) is 4.27. The Hall–Kier alpha value is 0.0800. The van der Waals surface area contributed by atoms with E-state index in [0.717, 1.165) is 17.4 Å². The summed E-state index contributed by atoms with van der Waals surface area (Å²) in [4.78, 5) is 2.22. The van der Waals surface area contributed by atoms with E-state index in [-0.39, 0.29) is 6.10 Å². The molecule has 0 amide bonds. The van der Waals surface area contributed by atoms with Gasteiger partial charge in [0, 0.05) is 18.8 Å². The first-order valence-corrected chi connectivity index (χ1v) is 8.46. The van der Waals surface area contributed by atoms with Crippen LogP contribution >= 0.6 is 24.0 Å². The molecule has 0 spiro atoms. The van der Waals surface area contributed by atoms with Gasteiger partial charge in [-0.2, -0.15) is 0 Å². The molecule has 0 radical (unpaired) electrons. The van der Waals surface area contributed by atoms with Gasteiger partial charge in [-0.1, -0.05) is 24.0 Å². The molecule has 0 aromatic rings. The second-order valence-electron chi connectivity index (χ2n) is 5.90. The third-order valence-corrected chi connectivity index (χ3v) is 5.46. The highest BCUT2D eigenvalue weighted by Crippen LogP contribution is 2.38. The zero-order chi connectivity index (χ0) is 14.3. The van der Waals surface area contributed by atoms with Gasteiger partial charge in [-0.3, -0.25) is 0 Å². The molecule has 0 bridgehead atoms. The van der Waals surface area contributed by atoms with E-state index >= 15 is 0 Å². The summed E-state index contributed by atoms with van der Waals surface area (Å²) in [6.07, 6.45) is 0.623. The Labute approximate surface area is 128 Å². The van der Waals surface area contributed by atoms with Crippen LogP contribution in [-0.2, 0) is 14.2 Å². The third kappa shape index (κ3) is 2.98. The molecule has 7 heteroatoms. The number of thioether (sulfide) groups is 1. The zero-order valence-corrected chi connectivity index (χ0v) is 13.4. The Bertz CT molecular complexity index is 387. The second-order valence-corrected chi connectivity index (χ2v) is 7.56. The summed E-state index contributed by atoms with van der Waals surface area (Å²) in [6.45, 7) is 5.75. The molecule has 20 heavy (non-hydrogen) atoms. The minimum absolute atomic E-state index is 0.286. The molecule has 3 rings (SSSR count). The van der Waals surface area contributed by atoms with Crippen LogP contribution in [-0.4, -0.2) is 63.6 Å². The van der Waals surface area contributed by atoms with E-state index in [1.807, 2.05) is 13.8 Å². The largest absolute Gasteiger partial charge is 0.387 e. The predicted molar refractivity (Wildman–Crippen MR) is 80.6 cm³/mol. The molecule has 0 aliphatic carbocycles. The molecule has 1 N–H and O–H groups in total. The monoisotopic (exact) mass is 319 g/mol. The van der Waals surface area contributed by atoms with Crippen LogP contribution in [0.1, 0.15) is 26.7 Å². The third-order valence-electron chi connectivity index (χ3n) is 3.85. The number of aliphatic hydroxyl groups excluding tert-OH is 1. The van der Waals surface area contributed by atoms with Crippen molar-refractivity contribution >= 4 is 28.3 Å². The molecule has 0 aromatic heterocycles. The Morgan fingerprint density at radius 2 is 2.05 bits per heavy atom. The van der Waals surface area contributed by atoms with Crippen molar-refractivity contribution in [1.29, 1.82) is 0 Å². The van der Waals surface area contributed by atoms with Crippen LogP contribution in [0.4, 0.5) is 0 Å². The minimum atomic E-state index is -0.681. The lowest BCUT2D eigenvalue weighted by atomic mass is 10.1. The topological polar surface area (TPSA) is 51.2 Å². The normalized spacial score (nSPS) is 39.2. The molecule has 0 aromatic carbocycles. The summed E-state index contributed by atoms with van der Waals surface area (Å²) >= 11 is 6.99. The zero-order valence-electron chi connectivity index (χ0n) is 11.8. The number of thiocarbonyl (C=S) groups is 1. The number of hydrogen-bond donors (Lipinski definition) is 1. The molecule has 0 unspecified atom stereocenters. The molecular weight excluding hydrogens is 298 g/mol. The van der Waals surface area contributed by atoms with E-state index in [0.29, 0.717) is 5.75 Å².